The second-order valence-corrected chi connectivity index (χ2v) is 8.98. The van der Waals surface area contributed by atoms with Gasteiger partial charge in [-0.25, -0.2) is 0 Å². The normalized spacial score (nSPS) is 23.6. The average Bonchev–Trinajstić information content (AvgIpc) is 2.78. The molecule has 168 valence electrons. The maximum Gasteiger partial charge on any atom is 0.161 e. The van der Waals surface area contributed by atoms with Crippen molar-refractivity contribution in [3.8, 4) is 11.5 Å². The largest absolute Gasteiger partial charge is 0.493 e. The summed E-state index contributed by atoms with van der Waals surface area (Å²) in [7, 11) is 1.70. The van der Waals surface area contributed by atoms with Crippen molar-refractivity contribution < 1.29 is 14.2 Å². The summed E-state index contributed by atoms with van der Waals surface area (Å²) in [5.74, 6) is 1.60. The molecule has 0 aliphatic carbocycles. The van der Waals surface area contributed by atoms with Crippen LogP contribution in [0.2, 0.25) is 0 Å². The van der Waals surface area contributed by atoms with Gasteiger partial charge in [-0.1, -0.05) is 36.4 Å². The zero-order valence-corrected chi connectivity index (χ0v) is 19.1. The van der Waals surface area contributed by atoms with Gasteiger partial charge in [0.2, 0.25) is 0 Å². The fourth-order valence-electron chi connectivity index (χ4n) is 4.88. The van der Waals surface area contributed by atoms with E-state index in [0.717, 1.165) is 49.8 Å². The predicted octanol–water partition coefficient (Wildman–Crippen LogP) is 4.35. The first-order chi connectivity index (χ1) is 15.1. The molecule has 0 saturated carbocycles. The first-order valence-corrected chi connectivity index (χ1v) is 11.6. The Hall–Kier alpha value is -2.08. The third kappa shape index (κ3) is 6.00. The van der Waals surface area contributed by atoms with Gasteiger partial charge in [0, 0.05) is 25.7 Å². The monoisotopic (exact) mass is 424 g/mol. The Morgan fingerprint density at radius 1 is 0.903 bits per heavy atom. The van der Waals surface area contributed by atoms with Crippen molar-refractivity contribution in [2.45, 2.75) is 58.1 Å². The van der Waals surface area contributed by atoms with Gasteiger partial charge in [0.05, 0.1) is 19.3 Å². The molecule has 0 amide bonds. The highest BCUT2D eigenvalue weighted by Crippen LogP contribution is 2.30. The smallest absolute Gasteiger partial charge is 0.161 e. The lowest BCUT2D eigenvalue weighted by atomic mass is 10.0. The van der Waals surface area contributed by atoms with Crippen molar-refractivity contribution >= 4 is 0 Å². The van der Waals surface area contributed by atoms with Crippen LogP contribution in [-0.4, -0.2) is 61.3 Å². The van der Waals surface area contributed by atoms with Gasteiger partial charge in [-0.05, 0) is 63.0 Å². The van der Waals surface area contributed by atoms with Crippen molar-refractivity contribution in [3.63, 3.8) is 0 Å². The highest BCUT2D eigenvalue weighted by Gasteiger charge is 2.30. The van der Waals surface area contributed by atoms with E-state index < -0.39 is 0 Å². The highest BCUT2D eigenvalue weighted by atomic mass is 16.5. The van der Waals surface area contributed by atoms with Crippen molar-refractivity contribution in [2.75, 3.05) is 33.3 Å². The van der Waals surface area contributed by atoms with Crippen molar-refractivity contribution in [1.82, 2.24) is 9.80 Å². The van der Waals surface area contributed by atoms with E-state index in [0.29, 0.717) is 24.9 Å². The fraction of sp³-hybridized carbons (Fsp3) is 0.538. The molecule has 2 aliphatic rings. The summed E-state index contributed by atoms with van der Waals surface area (Å²) in [6.07, 6.45) is 3.14. The molecular weight excluding hydrogens is 388 g/mol. The SMILES string of the molecule is COc1ccc(CN2CCC(N3C[C@H](C)O[C@@H](C)C3)CC2)cc1OCc1ccccc1. The van der Waals surface area contributed by atoms with E-state index in [-0.39, 0.29) is 0 Å². The summed E-state index contributed by atoms with van der Waals surface area (Å²) in [6.45, 7) is 10.3. The van der Waals surface area contributed by atoms with Crippen LogP contribution in [0.15, 0.2) is 48.5 Å². The lowest BCUT2D eigenvalue weighted by Crippen LogP contribution is -2.53. The number of ether oxygens (including phenoxy) is 3. The third-order valence-electron chi connectivity index (χ3n) is 6.39. The Balaban J connectivity index is 1.32. The Kier molecular flexibility index (Phi) is 7.49. The Bertz CT molecular complexity index is 811. The van der Waals surface area contributed by atoms with Crippen molar-refractivity contribution in [2.24, 2.45) is 0 Å². The number of likely N-dealkylation sites (tertiary alicyclic amines) is 1. The summed E-state index contributed by atoms with van der Waals surface area (Å²) >= 11 is 0. The molecule has 2 aliphatic heterocycles. The van der Waals surface area contributed by atoms with Gasteiger partial charge in [-0.15, -0.1) is 0 Å². The summed E-state index contributed by atoms with van der Waals surface area (Å²) in [5, 5.41) is 0. The van der Waals surface area contributed by atoms with Gasteiger partial charge in [0.25, 0.3) is 0 Å². The number of hydrogen-bond acceptors (Lipinski definition) is 5. The molecule has 2 aromatic rings. The molecule has 2 aromatic carbocycles. The van der Waals surface area contributed by atoms with E-state index in [1.807, 2.05) is 24.3 Å². The molecule has 0 unspecified atom stereocenters. The molecule has 2 saturated heterocycles. The van der Waals surface area contributed by atoms with E-state index >= 15 is 0 Å². The summed E-state index contributed by atoms with van der Waals surface area (Å²) in [6, 6.07) is 17.3. The molecule has 5 nitrogen and oxygen atoms in total. The second-order valence-electron chi connectivity index (χ2n) is 8.98. The maximum atomic E-state index is 6.10. The van der Waals surface area contributed by atoms with E-state index in [1.54, 1.807) is 7.11 Å². The summed E-state index contributed by atoms with van der Waals surface area (Å²) < 4.78 is 17.5. The maximum absolute atomic E-state index is 6.10. The number of benzene rings is 2. The van der Waals surface area contributed by atoms with Crippen LogP contribution in [0.3, 0.4) is 0 Å². The van der Waals surface area contributed by atoms with E-state index in [9.17, 15) is 0 Å². The lowest BCUT2D eigenvalue weighted by Gasteiger charge is -2.43. The number of piperidine rings is 1. The molecule has 4 rings (SSSR count). The standard InChI is InChI=1S/C26H36N2O3/c1-20-16-28(17-21(2)31-20)24-11-13-27(14-12-24)18-23-9-10-25(29-3)26(15-23)30-19-22-7-5-4-6-8-22/h4-10,15,20-21,24H,11-14,16-19H2,1-3H3/t20-,21-/m0/s1. The molecule has 0 radical (unpaired) electrons. The van der Waals surface area contributed by atoms with Gasteiger partial charge in [0.1, 0.15) is 6.61 Å². The highest BCUT2D eigenvalue weighted by molar-refractivity contribution is 5.43. The average molecular weight is 425 g/mol. The third-order valence-corrected chi connectivity index (χ3v) is 6.39. The van der Waals surface area contributed by atoms with E-state index in [2.05, 4.69) is 47.9 Å². The van der Waals surface area contributed by atoms with Gasteiger partial charge in [-0.2, -0.15) is 0 Å². The molecule has 0 N–H and O–H groups in total. The van der Waals surface area contributed by atoms with Gasteiger partial charge < -0.3 is 14.2 Å². The Labute approximate surface area is 186 Å². The Morgan fingerprint density at radius 2 is 1.61 bits per heavy atom. The topological polar surface area (TPSA) is 34.2 Å². The number of hydrogen-bond donors (Lipinski definition) is 0. The number of nitrogens with zero attached hydrogens (tertiary/aromatic N) is 2. The molecule has 0 aromatic heterocycles. The fourth-order valence-corrected chi connectivity index (χ4v) is 4.88. The van der Waals surface area contributed by atoms with Gasteiger partial charge in [0.15, 0.2) is 11.5 Å². The molecule has 0 spiro atoms. The quantitative estimate of drug-likeness (QED) is 0.660. The number of methoxy groups -OCH3 is 1. The van der Waals surface area contributed by atoms with Crippen LogP contribution >= 0.6 is 0 Å². The van der Waals surface area contributed by atoms with Crippen molar-refractivity contribution in [1.29, 1.82) is 0 Å². The molecule has 5 heteroatoms. The lowest BCUT2D eigenvalue weighted by molar-refractivity contribution is -0.0865. The molecule has 2 fully saturated rings. The first-order valence-electron chi connectivity index (χ1n) is 11.6. The predicted molar refractivity (Wildman–Crippen MR) is 124 cm³/mol. The first kappa shape index (κ1) is 22.1. The van der Waals surface area contributed by atoms with Crippen LogP contribution in [0.25, 0.3) is 0 Å². The van der Waals surface area contributed by atoms with Crippen LogP contribution in [0, 0.1) is 0 Å². The van der Waals surface area contributed by atoms with Crippen LogP contribution in [0.4, 0.5) is 0 Å². The van der Waals surface area contributed by atoms with Crippen molar-refractivity contribution in [3.05, 3.63) is 59.7 Å². The van der Waals surface area contributed by atoms with Crippen LogP contribution < -0.4 is 9.47 Å². The number of morpholine rings is 1. The van der Waals surface area contributed by atoms with E-state index in [4.69, 9.17) is 14.2 Å². The molecule has 31 heavy (non-hydrogen) atoms. The minimum Gasteiger partial charge on any atom is -0.493 e. The zero-order chi connectivity index (χ0) is 21.6. The molecule has 2 atom stereocenters. The molecular formula is C26H36N2O3. The molecule has 2 heterocycles. The minimum absolute atomic E-state index is 0.343. The summed E-state index contributed by atoms with van der Waals surface area (Å²) in [5.41, 5.74) is 2.43. The van der Waals surface area contributed by atoms with Crippen LogP contribution in [0.5, 0.6) is 11.5 Å². The molecule has 0 bridgehead atoms. The van der Waals surface area contributed by atoms with E-state index in [1.165, 1.54) is 18.4 Å². The second kappa shape index (κ2) is 10.5. The van der Waals surface area contributed by atoms with Gasteiger partial charge in [-0.3, -0.25) is 9.80 Å². The van der Waals surface area contributed by atoms with Crippen LogP contribution in [-0.2, 0) is 17.9 Å². The minimum atomic E-state index is 0.343. The van der Waals surface area contributed by atoms with Crippen LogP contribution in [0.1, 0.15) is 37.8 Å². The van der Waals surface area contributed by atoms with Gasteiger partial charge >= 0.3 is 0 Å². The Morgan fingerprint density at radius 3 is 2.29 bits per heavy atom. The summed E-state index contributed by atoms with van der Waals surface area (Å²) in [4.78, 5) is 5.21. The zero-order valence-electron chi connectivity index (χ0n) is 19.1. The number of rotatable bonds is 7.